The van der Waals surface area contributed by atoms with Crippen molar-refractivity contribution in [2.24, 2.45) is 5.73 Å². The molecule has 232 valence electrons. The van der Waals surface area contributed by atoms with Gasteiger partial charge < -0.3 is 14.9 Å². The molecule has 13 heteroatoms. The number of nitrogens with zero attached hydrogens (tertiary/aromatic N) is 3. The lowest BCUT2D eigenvalue weighted by atomic mass is 9.85. The molecule has 4 aromatic rings. The number of aromatic nitrogens is 2. The maximum Gasteiger partial charge on any atom is 0.416 e. The maximum absolute atomic E-state index is 15.0. The lowest BCUT2D eigenvalue weighted by Gasteiger charge is -2.38. The first-order chi connectivity index (χ1) is 21.0. The molecule has 2 aromatic carbocycles. The summed E-state index contributed by atoms with van der Waals surface area (Å²) in [6, 6.07) is 14.1. The molecule has 6 rings (SSSR count). The van der Waals surface area contributed by atoms with Crippen LogP contribution in [0.15, 0.2) is 74.7 Å². The molecule has 0 bridgehead atoms. The van der Waals surface area contributed by atoms with Crippen LogP contribution in [0.1, 0.15) is 52.6 Å². The number of ether oxygens (including phenoxy) is 1. The Kier molecular flexibility index (Phi) is 8.03. The molecule has 1 fully saturated rings. The van der Waals surface area contributed by atoms with Crippen molar-refractivity contribution in [2.75, 3.05) is 13.1 Å². The smallest absolute Gasteiger partial charge is 0.416 e. The van der Waals surface area contributed by atoms with Crippen molar-refractivity contribution in [3.05, 3.63) is 126 Å². The Hall–Kier alpha value is -3.71. The maximum atomic E-state index is 15.0. The fourth-order valence-corrected chi connectivity index (χ4v) is 6.38. The first-order valence-electron chi connectivity index (χ1n) is 14.1. The minimum absolute atomic E-state index is 0.146. The van der Waals surface area contributed by atoms with E-state index in [9.17, 15) is 27.2 Å². The Bertz CT molecular complexity index is 1790. The highest BCUT2D eigenvalue weighted by Gasteiger charge is 2.47. The summed E-state index contributed by atoms with van der Waals surface area (Å²) in [4.78, 5) is 30.1. The number of likely N-dealkylation sites (tertiary alicyclic amines) is 1. The molecule has 1 spiro atoms. The fourth-order valence-electron chi connectivity index (χ4n) is 6.22. The summed E-state index contributed by atoms with van der Waals surface area (Å²) in [6.45, 7) is 0.332. The zero-order valence-electron chi connectivity index (χ0n) is 23.4. The van der Waals surface area contributed by atoms with Crippen molar-refractivity contribution in [3.8, 4) is 0 Å². The summed E-state index contributed by atoms with van der Waals surface area (Å²) in [6.07, 6.45) is -4.11. The van der Waals surface area contributed by atoms with Gasteiger partial charge in [-0.25, -0.2) is 9.18 Å². The lowest BCUT2D eigenvalue weighted by Crippen LogP contribution is -2.49. The van der Waals surface area contributed by atoms with E-state index in [1.165, 1.54) is 0 Å². The predicted molar refractivity (Wildman–Crippen MR) is 154 cm³/mol. The summed E-state index contributed by atoms with van der Waals surface area (Å²) in [5, 5.41) is 0.275. The van der Waals surface area contributed by atoms with Gasteiger partial charge in [-0.05, 0) is 54.3 Å². The van der Waals surface area contributed by atoms with Gasteiger partial charge in [0.25, 0.3) is 5.56 Å². The van der Waals surface area contributed by atoms with Gasteiger partial charge in [0.05, 0.1) is 43.1 Å². The van der Waals surface area contributed by atoms with Crippen molar-refractivity contribution in [2.45, 2.75) is 56.9 Å². The molecule has 4 heterocycles. The number of hydrogen-bond donors (Lipinski definition) is 1. The highest BCUT2D eigenvalue weighted by Crippen LogP contribution is 2.43. The monoisotopic (exact) mass is 632 g/mol. The summed E-state index contributed by atoms with van der Waals surface area (Å²) >= 11 is 5.91. The van der Waals surface area contributed by atoms with Crippen LogP contribution in [0.3, 0.4) is 0 Å². The topological polar surface area (TPSA) is 95.6 Å². The van der Waals surface area contributed by atoms with Crippen LogP contribution in [-0.4, -0.2) is 27.1 Å². The average molecular weight is 633 g/mol. The molecule has 1 atom stereocenters. The minimum Gasteiger partial charge on any atom is -0.448 e. The number of halogens is 5. The van der Waals surface area contributed by atoms with E-state index in [4.69, 9.17) is 26.5 Å². The van der Waals surface area contributed by atoms with Gasteiger partial charge in [0.15, 0.2) is 5.22 Å². The first-order valence-corrected chi connectivity index (χ1v) is 14.5. The van der Waals surface area contributed by atoms with E-state index >= 15 is 0 Å². The van der Waals surface area contributed by atoms with Crippen LogP contribution in [0.5, 0.6) is 0 Å². The van der Waals surface area contributed by atoms with E-state index in [1.807, 2.05) is 0 Å². The van der Waals surface area contributed by atoms with Gasteiger partial charge >= 0.3 is 11.9 Å². The molecule has 2 aliphatic rings. The van der Waals surface area contributed by atoms with E-state index in [0.29, 0.717) is 43.8 Å². The Labute approximate surface area is 254 Å². The Morgan fingerprint density at radius 2 is 1.68 bits per heavy atom. The summed E-state index contributed by atoms with van der Waals surface area (Å²) in [7, 11) is 0. The average Bonchev–Trinajstić information content (AvgIpc) is 3.58. The lowest BCUT2D eigenvalue weighted by molar-refractivity contribution is -0.138. The van der Waals surface area contributed by atoms with Gasteiger partial charge in [-0.2, -0.15) is 13.2 Å². The van der Waals surface area contributed by atoms with Crippen LogP contribution in [0, 0.1) is 5.82 Å². The molecule has 1 unspecified atom stereocenters. The van der Waals surface area contributed by atoms with Crippen LogP contribution in [-0.2, 0) is 42.8 Å². The van der Waals surface area contributed by atoms with E-state index in [-0.39, 0.29) is 29.6 Å². The molecule has 0 aliphatic carbocycles. The number of fused-ring (bicyclic) bond motifs is 2. The van der Waals surface area contributed by atoms with Crippen molar-refractivity contribution < 1.29 is 26.7 Å². The molecule has 0 amide bonds. The first kappa shape index (κ1) is 30.3. The van der Waals surface area contributed by atoms with Crippen molar-refractivity contribution in [1.82, 2.24) is 14.0 Å². The second kappa shape index (κ2) is 11.7. The number of benzene rings is 2. The third-order valence-corrected chi connectivity index (χ3v) is 8.70. The van der Waals surface area contributed by atoms with Crippen LogP contribution in [0.2, 0.25) is 5.22 Å². The molecule has 8 nitrogen and oxygen atoms in total. The standard InChI is InChI=1S/C31H29ClF4N4O4/c32-26-10-9-20(44-26)15-38-13-11-30(12-14-38)27-25(18-43-30)39(16-21-22(31(34,35)36)7-4-8-23(21)33)29(42)40(28(27)41)17-24(37)19-5-2-1-3-6-19/h1-10,24H,11-18,37H2. The molecule has 0 radical (unpaired) electrons. The highest BCUT2D eigenvalue weighted by atomic mass is 35.5. The van der Waals surface area contributed by atoms with Gasteiger partial charge in [-0.3, -0.25) is 18.8 Å². The summed E-state index contributed by atoms with van der Waals surface area (Å²) < 4.78 is 70.4. The van der Waals surface area contributed by atoms with E-state index in [1.54, 1.807) is 42.5 Å². The highest BCUT2D eigenvalue weighted by molar-refractivity contribution is 6.28. The molecule has 0 saturated carbocycles. The number of furan rings is 1. The minimum atomic E-state index is -4.86. The van der Waals surface area contributed by atoms with Crippen LogP contribution >= 0.6 is 11.6 Å². The number of piperidine rings is 1. The molecule has 44 heavy (non-hydrogen) atoms. The summed E-state index contributed by atoms with van der Waals surface area (Å²) in [5.41, 5.74) is 2.94. The molecule has 2 aliphatic heterocycles. The number of rotatable bonds is 7. The van der Waals surface area contributed by atoms with E-state index in [2.05, 4.69) is 4.90 Å². The zero-order valence-corrected chi connectivity index (χ0v) is 24.2. The van der Waals surface area contributed by atoms with Crippen molar-refractivity contribution in [1.29, 1.82) is 0 Å². The number of hydrogen-bond acceptors (Lipinski definition) is 6. The fraction of sp³-hybridized carbons (Fsp3) is 0.355. The van der Waals surface area contributed by atoms with Crippen LogP contribution in [0.25, 0.3) is 0 Å². The van der Waals surface area contributed by atoms with Gasteiger partial charge in [-0.15, -0.1) is 0 Å². The second-order valence-corrected chi connectivity index (χ2v) is 11.5. The van der Waals surface area contributed by atoms with Gasteiger partial charge in [-0.1, -0.05) is 36.4 Å². The predicted octanol–water partition coefficient (Wildman–Crippen LogP) is 5.18. The molecule has 1 saturated heterocycles. The third kappa shape index (κ3) is 5.63. The SMILES string of the molecule is NC(Cn1c(=O)c2c(n(Cc3c(F)cccc3C(F)(F)F)c1=O)COC21CCN(Cc2ccc(Cl)o2)CC1)c1ccccc1. The third-order valence-electron chi connectivity index (χ3n) is 8.50. The molecule has 2 N–H and O–H groups in total. The Morgan fingerprint density at radius 1 is 0.955 bits per heavy atom. The van der Waals surface area contributed by atoms with E-state index < -0.39 is 52.6 Å². The molecule has 2 aromatic heterocycles. The van der Waals surface area contributed by atoms with Crippen molar-refractivity contribution in [3.63, 3.8) is 0 Å². The van der Waals surface area contributed by atoms with Crippen LogP contribution in [0.4, 0.5) is 17.6 Å². The largest absolute Gasteiger partial charge is 0.448 e. The van der Waals surface area contributed by atoms with E-state index in [0.717, 1.165) is 27.3 Å². The summed E-state index contributed by atoms with van der Waals surface area (Å²) in [5.74, 6) is -0.436. The molecular weight excluding hydrogens is 604 g/mol. The second-order valence-electron chi connectivity index (χ2n) is 11.2. The quantitative estimate of drug-likeness (QED) is 0.282. The Balaban J connectivity index is 1.43. The normalized spacial score (nSPS) is 17.2. The number of nitrogens with two attached hydrogens (primary N) is 1. The van der Waals surface area contributed by atoms with Crippen molar-refractivity contribution >= 4 is 11.6 Å². The van der Waals surface area contributed by atoms with Gasteiger partial charge in [0.1, 0.15) is 17.2 Å². The molecular formula is C31H29ClF4N4O4. The zero-order chi connectivity index (χ0) is 31.2. The Morgan fingerprint density at radius 3 is 2.34 bits per heavy atom. The van der Waals surface area contributed by atoms with Gasteiger partial charge in [0.2, 0.25) is 0 Å². The van der Waals surface area contributed by atoms with Gasteiger partial charge in [0, 0.05) is 24.7 Å². The van der Waals surface area contributed by atoms with Crippen LogP contribution < -0.4 is 17.0 Å². The number of alkyl halides is 3.